The first-order valence-corrected chi connectivity index (χ1v) is 14.0. The molecule has 4 rings (SSSR count). The van der Waals surface area contributed by atoms with Gasteiger partial charge < -0.3 is 15.9 Å². The molecule has 13 heteroatoms. The molecule has 1 aromatic rings. The van der Waals surface area contributed by atoms with Crippen LogP contribution in [0.5, 0.6) is 5.75 Å². The molecule has 0 radical (unpaired) electrons. The third-order valence-electron chi connectivity index (χ3n) is 9.10. The van der Waals surface area contributed by atoms with E-state index in [1.807, 2.05) is 6.92 Å². The second-order valence-corrected chi connectivity index (χ2v) is 11.8. The Morgan fingerprint density at radius 1 is 1.14 bits per heavy atom. The molecule has 10 nitrogen and oxygen atoms in total. The molecule has 3 aliphatic rings. The van der Waals surface area contributed by atoms with Crippen molar-refractivity contribution in [2.75, 3.05) is 27.2 Å². The van der Waals surface area contributed by atoms with Crippen molar-refractivity contribution in [1.29, 1.82) is 0 Å². The number of halogens is 3. The molecule has 1 amide bonds. The Morgan fingerprint density at radius 3 is 2.31 bits per heavy atom. The van der Waals surface area contributed by atoms with E-state index in [-0.39, 0.29) is 18.5 Å². The van der Waals surface area contributed by atoms with Crippen LogP contribution >= 0.6 is 0 Å². The van der Waals surface area contributed by atoms with Gasteiger partial charge in [-0.25, -0.2) is 0 Å². The van der Waals surface area contributed by atoms with E-state index >= 15 is 0 Å². The van der Waals surface area contributed by atoms with E-state index in [0.29, 0.717) is 13.1 Å². The number of unbranched alkanes of at least 4 members (excludes halogenated alkanes) is 1. The van der Waals surface area contributed by atoms with E-state index in [2.05, 4.69) is 0 Å². The minimum absolute atomic E-state index is 0.129. The standard InChI is InChI=1S/C29H36F3N3O7/c1-5-7-8-35(6-2)12-14-11-17(36)19-15(21(14)29(30,31)32)9-13-10-16-22(34(3)4)24(38)20(27(33)41)26(40)28(16,42)25(39)18(13)23(19)37/h11,13,16,18,20,22,36,42H,5-10,12H2,1-4H3,(H2,33,41)/t13-,16-,18?,20?,22-,28-/m0/s1. The van der Waals surface area contributed by atoms with E-state index < -0.39 is 99.4 Å². The van der Waals surface area contributed by atoms with Crippen LogP contribution in [0.25, 0.3) is 0 Å². The Hall–Kier alpha value is -3.16. The summed E-state index contributed by atoms with van der Waals surface area (Å²) in [6.07, 6.45) is -4.10. The van der Waals surface area contributed by atoms with Gasteiger partial charge in [-0.15, -0.1) is 0 Å². The van der Waals surface area contributed by atoms with E-state index in [1.165, 1.54) is 19.0 Å². The Balaban J connectivity index is 1.87. The van der Waals surface area contributed by atoms with Crippen molar-refractivity contribution in [2.45, 2.75) is 63.9 Å². The summed E-state index contributed by atoms with van der Waals surface area (Å²) in [6.45, 7) is 4.61. The quantitative estimate of drug-likeness (QED) is 0.379. The minimum Gasteiger partial charge on any atom is -0.507 e. The number of nitrogens with zero attached hydrogens (tertiary/aromatic N) is 2. The zero-order valence-electron chi connectivity index (χ0n) is 24.0. The molecule has 0 aliphatic heterocycles. The number of carbonyl (C=O) groups excluding carboxylic acids is 5. The Bertz CT molecular complexity index is 1340. The smallest absolute Gasteiger partial charge is 0.417 e. The maximum atomic E-state index is 14.7. The van der Waals surface area contributed by atoms with Crippen LogP contribution in [0.1, 0.15) is 60.2 Å². The van der Waals surface area contributed by atoms with Crippen LogP contribution in [0.15, 0.2) is 6.07 Å². The highest BCUT2D eigenvalue weighted by atomic mass is 19.4. The van der Waals surface area contributed by atoms with Crippen LogP contribution in [0.3, 0.4) is 0 Å². The second-order valence-electron chi connectivity index (χ2n) is 11.8. The van der Waals surface area contributed by atoms with Crippen molar-refractivity contribution in [3.63, 3.8) is 0 Å². The molecule has 3 aliphatic carbocycles. The number of carbonyl (C=O) groups is 5. The monoisotopic (exact) mass is 595 g/mol. The number of ketones is 4. The number of nitrogens with two attached hydrogens (primary N) is 1. The lowest BCUT2D eigenvalue weighted by molar-refractivity contribution is -0.181. The molecule has 1 aromatic carbocycles. The van der Waals surface area contributed by atoms with E-state index in [1.54, 1.807) is 11.8 Å². The average Bonchev–Trinajstić information content (AvgIpc) is 2.87. The lowest BCUT2D eigenvalue weighted by atomic mass is 9.52. The first kappa shape index (κ1) is 31.8. The molecule has 4 N–H and O–H groups in total. The molecular formula is C29H36F3N3O7. The van der Waals surface area contributed by atoms with Gasteiger partial charge in [0.2, 0.25) is 5.91 Å². The van der Waals surface area contributed by atoms with Crippen LogP contribution in [0, 0.1) is 23.7 Å². The fourth-order valence-corrected chi connectivity index (χ4v) is 7.19. The van der Waals surface area contributed by atoms with E-state index in [0.717, 1.165) is 18.9 Å². The number of alkyl halides is 3. The van der Waals surface area contributed by atoms with Crippen LogP contribution in [-0.2, 0) is 38.3 Å². The Kier molecular flexibility index (Phi) is 8.44. The second kappa shape index (κ2) is 11.2. The molecule has 0 spiro atoms. The zero-order valence-corrected chi connectivity index (χ0v) is 24.0. The number of fused-ring (bicyclic) bond motifs is 3. The van der Waals surface area contributed by atoms with Gasteiger partial charge in [0.05, 0.1) is 23.1 Å². The Labute approximate surface area is 241 Å². The van der Waals surface area contributed by atoms with Crippen LogP contribution in [0.2, 0.25) is 0 Å². The highest BCUT2D eigenvalue weighted by Gasteiger charge is 2.69. The predicted octanol–water partition coefficient (Wildman–Crippen LogP) is 1.51. The third kappa shape index (κ3) is 4.84. The van der Waals surface area contributed by atoms with Crippen molar-refractivity contribution in [2.24, 2.45) is 29.4 Å². The highest BCUT2D eigenvalue weighted by molar-refractivity contribution is 6.32. The first-order valence-electron chi connectivity index (χ1n) is 14.0. The molecule has 42 heavy (non-hydrogen) atoms. The predicted molar refractivity (Wildman–Crippen MR) is 142 cm³/mol. The fourth-order valence-electron chi connectivity index (χ4n) is 7.19. The SMILES string of the molecule is CCCCN(CC)Cc1cc(O)c2c(c1C(F)(F)F)C[C@H]1C[C@H]3[C@H](N(C)C)C(=O)C(C(N)=O)C(=O)[C@@]3(O)C(=O)C1C2=O. The maximum Gasteiger partial charge on any atom is 0.417 e. The van der Waals surface area contributed by atoms with Crippen molar-refractivity contribution < 1.29 is 47.4 Å². The molecule has 6 atom stereocenters. The number of hydrogen-bond acceptors (Lipinski definition) is 9. The number of aromatic hydroxyl groups is 1. The summed E-state index contributed by atoms with van der Waals surface area (Å²) < 4.78 is 44.0. The number of aliphatic hydroxyl groups is 1. The molecule has 2 saturated carbocycles. The molecule has 0 bridgehead atoms. The van der Waals surface area contributed by atoms with Crippen molar-refractivity contribution in [3.05, 3.63) is 28.3 Å². The molecule has 2 unspecified atom stereocenters. The lowest BCUT2D eigenvalue weighted by Gasteiger charge is -2.52. The number of rotatable bonds is 8. The van der Waals surface area contributed by atoms with E-state index in [4.69, 9.17) is 5.73 Å². The van der Waals surface area contributed by atoms with Gasteiger partial charge in [-0.2, -0.15) is 13.2 Å². The fraction of sp³-hybridized carbons (Fsp3) is 0.621. The van der Waals surface area contributed by atoms with Crippen LogP contribution in [-0.4, -0.2) is 87.9 Å². The average molecular weight is 596 g/mol. The zero-order chi connectivity index (χ0) is 31.5. The summed E-state index contributed by atoms with van der Waals surface area (Å²) in [4.78, 5) is 69.3. The van der Waals surface area contributed by atoms with Gasteiger partial charge in [0, 0.05) is 12.5 Å². The minimum atomic E-state index is -4.90. The summed E-state index contributed by atoms with van der Waals surface area (Å²) in [5.74, 6) is -13.3. The van der Waals surface area contributed by atoms with Gasteiger partial charge in [0.25, 0.3) is 0 Å². The van der Waals surface area contributed by atoms with Crippen molar-refractivity contribution >= 4 is 29.0 Å². The highest BCUT2D eigenvalue weighted by Crippen LogP contribution is 2.52. The summed E-state index contributed by atoms with van der Waals surface area (Å²) in [5, 5.41) is 22.5. The van der Waals surface area contributed by atoms with E-state index in [9.17, 15) is 47.4 Å². The number of phenolic OH excluding ortho intramolecular Hbond substituents is 1. The number of primary amides is 1. The van der Waals surface area contributed by atoms with Gasteiger partial charge in [-0.05, 0) is 69.6 Å². The maximum absolute atomic E-state index is 14.7. The molecule has 0 aromatic heterocycles. The van der Waals surface area contributed by atoms with Gasteiger partial charge in [0.1, 0.15) is 5.75 Å². The number of likely N-dealkylation sites (N-methyl/N-ethyl adjacent to an activating group) is 1. The number of benzene rings is 1. The van der Waals surface area contributed by atoms with Crippen molar-refractivity contribution in [1.82, 2.24) is 9.80 Å². The molecule has 0 saturated heterocycles. The normalized spacial score (nSPS) is 29.5. The summed E-state index contributed by atoms with van der Waals surface area (Å²) in [5.41, 5.74) is -0.0368. The van der Waals surface area contributed by atoms with Crippen LogP contribution < -0.4 is 5.73 Å². The van der Waals surface area contributed by atoms with Gasteiger partial charge in [-0.3, -0.25) is 33.8 Å². The number of amides is 1. The topological polar surface area (TPSA) is 158 Å². The molecule has 0 heterocycles. The summed E-state index contributed by atoms with van der Waals surface area (Å²) in [6, 6.07) is -0.445. The van der Waals surface area contributed by atoms with Gasteiger partial charge in [-0.1, -0.05) is 20.3 Å². The lowest BCUT2D eigenvalue weighted by Crippen LogP contribution is -2.74. The number of phenols is 1. The van der Waals surface area contributed by atoms with Gasteiger partial charge in [0.15, 0.2) is 34.7 Å². The third-order valence-corrected chi connectivity index (χ3v) is 9.10. The molecule has 230 valence electrons. The largest absolute Gasteiger partial charge is 0.507 e. The first-order chi connectivity index (χ1) is 19.5. The van der Waals surface area contributed by atoms with Gasteiger partial charge >= 0.3 is 6.18 Å². The molecule has 2 fully saturated rings. The van der Waals surface area contributed by atoms with Crippen molar-refractivity contribution in [3.8, 4) is 5.75 Å². The summed E-state index contributed by atoms with van der Waals surface area (Å²) >= 11 is 0. The van der Waals surface area contributed by atoms with Crippen LogP contribution in [0.4, 0.5) is 13.2 Å². The summed E-state index contributed by atoms with van der Waals surface area (Å²) in [7, 11) is 2.86. The Morgan fingerprint density at radius 2 is 1.79 bits per heavy atom. The molecular weight excluding hydrogens is 559 g/mol. The number of hydrogen-bond donors (Lipinski definition) is 3. The number of Topliss-reactive ketones (excluding diaryl/α,β-unsaturated/α-hetero) is 4.